The number of hydrogen-bond acceptors (Lipinski definition) is 6. The maximum Gasteiger partial charge on any atom is 0.228 e. The Morgan fingerprint density at radius 2 is 2.17 bits per heavy atom. The zero-order valence-electron chi connectivity index (χ0n) is 14.1. The van der Waals surface area contributed by atoms with Gasteiger partial charge in [-0.3, -0.25) is 0 Å². The van der Waals surface area contributed by atoms with Crippen LogP contribution in [0.4, 0.5) is 0 Å². The maximum atomic E-state index is 5.09. The molecule has 0 saturated heterocycles. The molecule has 126 valence electrons. The predicted octanol–water partition coefficient (Wildman–Crippen LogP) is 2.26. The smallest absolute Gasteiger partial charge is 0.228 e. The summed E-state index contributed by atoms with van der Waals surface area (Å²) in [5.41, 5.74) is 1.13. The second kappa shape index (κ2) is 8.61. The Morgan fingerprint density at radius 3 is 2.78 bits per heavy atom. The van der Waals surface area contributed by atoms with Crippen molar-refractivity contribution in [2.45, 2.75) is 46.6 Å². The second-order valence-electron chi connectivity index (χ2n) is 5.43. The van der Waals surface area contributed by atoms with Crippen LogP contribution in [0.1, 0.15) is 49.1 Å². The summed E-state index contributed by atoms with van der Waals surface area (Å²) in [6.45, 7) is 10.2. The van der Waals surface area contributed by atoms with Crippen molar-refractivity contribution in [3.63, 3.8) is 0 Å². The van der Waals surface area contributed by atoms with Crippen LogP contribution in [0.3, 0.4) is 0 Å². The summed E-state index contributed by atoms with van der Waals surface area (Å²) in [6, 6.07) is 0. The van der Waals surface area contributed by atoms with Gasteiger partial charge in [-0.05, 0) is 19.8 Å². The first-order valence-corrected chi connectivity index (χ1v) is 8.72. The van der Waals surface area contributed by atoms with Gasteiger partial charge in [-0.2, -0.15) is 4.98 Å². The van der Waals surface area contributed by atoms with Gasteiger partial charge in [0.1, 0.15) is 5.01 Å². The first-order valence-electron chi connectivity index (χ1n) is 7.84. The third-order valence-corrected chi connectivity index (χ3v) is 3.93. The van der Waals surface area contributed by atoms with Gasteiger partial charge in [0, 0.05) is 24.9 Å². The van der Waals surface area contributed by atoms with E-state index in [-0.39, 0.29) is 0 Å². The lowest BCUT2D eigenvalue weighted by Gasteiger charge is -2.09. The predicted molar refractivity (Wildman–Crippen MR) is 91.8 cm³/mol. The van der Waals surface area contributed by atoms with E-state index in [1.807, 2.05) is 13.8 Å². The Morgan fingerprint density at radius 1 is 1.35 bits per heavy atom. The lowest BCUT2D eigenvalue weighted by atomic mass is 10.2. The molecule has 2 heterocycles. The van der Waals surface area contributed by atoms with E-state index in [1.165, 1.54) is 0 Å². The number of aromatic nitrogens is 3. The second-order valence-corrected chi connectivity index (χ2v) is 6.37. The standard InChI is InChI=1S/C15H24N6OS/c1-5-16-15(17-7-6-13-19-11(4)21-22-13)18-8-14-20-12(9-23-14)10(2)3/h9-10H,5-8H2,1-4H3,(H2,16,17,18). The summed E-state index contributed by atoms with van der Waals surface area (Å²) in [6.07, 6.45) is 0.667. The molecule has 0 fully saturated rings. The van der Waals surface area contributed by atoms with Crippen LogP contribution in [-0.2, 0) is 13.0 Å². The van der Waals surface area contributed by atoms with Crippen molar-refractivity contribution in [1.29, 1.82) is 0 Å². The monoisotopic (exact) mass is 336 g/mol. The number of nitrogens with one attached hydrogen (secondary N) is 2. The third kappa shape index (κ3) is 5.63. The summed E-state index contributed by atoms with van der Waals surface area (Å²) < 4.78 is 5.09. The van der Waals surface area contributed by atoms with Crippen molar-refractivity contribution in [2.24, 2.45) is 4.99 Å². The molecule has 0 spiro atoms. The van der Waals surface area contributed by atoms with Crippen LogP contribution in [0.15, 0.2) is 14.9 Å². The average Bonchev–Trinajstić information content (AvgIpc) is 3.14. The number of guanidine groups is 1. The minimum absolute atomic E-state index is 0.452. The molecule has 0 atom stereocenters. The quantitative estimate of drug-likeness (QED) is 0.595. The molecule has 0 aliphatic heterocycles. The highest BCUT2D eigenvalue weighted by molar-refractivity contribution is 7.09. The van der Waals surface area contributed by atoms with Gasteiger partial charge < -0.3 is 15.2 Å². The molecular formula is C15H24N6OS. The van der Waals surface area contributed by atoms with E-state index in [1.54, 1.807) is 11.3 Å². The molecule has 0 unspecified atom stereocenters. The Kier molecular flexibility index (Phi) is 6.52. The highest BCUT2D eigenvalue weighted by Crippen LogP contribution is 2.18. The zero-order chi connectivity index (χ0) is 16.7. The van der Waals surface area contributed by atoms with Crippen molar-refractivity contribution >= 4 is 17.3 Å². The topological polar surface area (TPSA) is 88.2 Å². The van der Waals surface area contributed by atoms with Crippen LogP contribution < -0.4 is 10.6 Å². The van der Waals surface area contributed by atoms with Gasteiger partial charge >= 0.3 is 0 Å². The molecule has 0 aromatic carbocycles. The number of aliphatic imine (C=N–C) groups is 1. The summed E-state index contributed by atoms with van der Waals surface area (Å²) in [4.78, 5) is 13.3. The van der Waals surface area contributed by atoms with Crippen molar-refractivity contribution in [3.8, 4) is 0 Å². The molecule has 2 rings (SSSR count). The van der Waals surface area contributed by atoms with E-state index in [0.717, 1.165) is 23.2 Å². The lowest BCUT2D eigenvalue weighted by molar-refractivity contribution is 0.374. The van der Waals surface area contributed by atoms with Gasteiger partial charge in [0.15, 0.2) is 11.8 Å². The molecule has 0 saturated carbocycles. The van der Waals surface area contributed by atoms with Crippen molar-refractivity contribution in [3.05, 3.63) is 27.8 Å². The molecule has 0 bridgehead atoms. The van der Waals surface area contributed by atoms with E-state index in [2.05, 4.69) is 50.0 Å². The molecule has 2 aromatic rings. The SMILES string of the molecule is CCNC(=NCc1nc(C(C)C)cs1)NCCc1nc(C)no1. The highest BCUT2D eigenvalue weighted by atomic mass is 32.1. The molecule has 7 nitrogen and oxygen atoms in total. The molecule has 0 amide bonds. The average molecular weight is 336 g/mol. The van der Waals surface area contributed by atoms with Crippen LogP contribution >= 0.6 is 11.3 Å². The number of thiazole rings is 1. The molecule has 23 heavy (non-hydrogen) atoms. The van der Waals surface area contributed by atoms with Gasteiger partial charge in [-0.15, -0.1) is 11.3 Å². The molecule has 8 heteroatoms. The van der Waals surface area contributed by atoms with Gasteiger partial charge in [-0.1, -0.05) is 19.0 Å². The van der Waals surface area contributed by atoms with E-state index < -0.39 is 0 Å². The number of aryl methyl sites for hydroxylation is 1. The van der Waals surface area contributed by atoms with Crippen LogP contribution in [0.25, 0.3) is 0 Å². The first kappa shape index (κ1) is 17.4. The van der Waals surface area contributed by atoms with E-state index >= 15 is 0 Å². The maximum absolute atomic E-state index is 5.09. The molecule has 0 aliphatic rings. The van der Waals surface area contributed by atoms with Gasteiger partial charge in [-0.25, -0.2) is 9.98 Å². The van der Waals surface area contributed by atoms with Gasteiger partial charge in [0.25, 0.3) is 0 Å². The third-order valence-electron chi connectivity index (χ3n) is 3.08. The zero-order valence-corrected chi connectivity index (χ0v) is 14.9. The van der Waals surface area contributed by atoms with E-state index in [4.69, 9.17) is 4.52 Å². The van der Waals surface area contributed by atoms with Crippen LogP contribution in [0, 0.1) is 6.92 Å². The Bertz CT molecular complexity index is 633. The minimum atomic E-state index is 0.452. The normalized spacial score (nSPS) is 12.0. The number of nitrogens with zero attached hydrogens (tertiary/aromatic N) is 4. The van der Waals surface area contributed by atoms with Crippen LogP contribution in [0.2, 0.25) is 0 Å². The Hall–Kier alpha value is -1.96. The van der Waals surface area contributed by atoms with Crippen molar-refractivity contribution in [2.75, 3.05) is 13.1 Å². The molecule has 2 aromatic heterocycles. The molecule has 2 N–H and O–H groups in total. The number of hydrogen-bond donors (Lipinski definition) is 2. The fourth-order valence-electron chi connectivity index (χ4n) is 1.88. The largest absolute Gasteiger partial charge is 0.357 e. The Labute approximate surface area is 140 Å². The first-order chi connectivity index (χ1) is 11.1. The van der Waals surface area contributed by atoms with Gasteiger partial charge in [0.2, 0.25) is 5.89 Å². The molecule has 0 aliphatic carbocycles. The summed E-state index contributed by atoms with van der Waals surface area (Å²) in [5, 5.41) is 13.4. The van der Waals surface area contributed by atoms with Gasteiger partial charge in [0.05, 0.1) is 12.2 Å². The minimum Gasteiger partial charge on any atom is -0.357 e. The van der Waals surface area contributed by atoms with E-state index in [9.17, 15) is 0 Å². The lowest BCUT2D eigenvalue weighted by Crippen LogP contribution is -2.38. The molecular weight excluding hydrogens is 312 g/mol. The van der Waals surface area contributed by atoms with Crippen molar-refractivity contribution < 1.29 is 4.52 Å². The summed E-state index contributed by atoms with van der Waals surface area (Å²) in [5.74, 6) is 2.51. The summed E-state index contributed by atoms with van der Waals surface area (Å²) in [7, 11) is 0. The number of rotatable bonds is 7. The van der Waals surface area contributed by atoms with E-state index in [0.29, 0.717) is 37.1 Å². The summed E-state index contributed by atoms with van der Waals surface area (Å²) >= 11 is 1.65. The highest BCUT2D eigenvalue weighted by Gasteiger charge is 2.06. The van der Waals surface area contributed by atoms with Crippen LogP contribution in [0.5, 0.6) is 0 Å². The van der Waals surface area contributed by atoms with Crippen LogP contribution in [-0.4, -0.2) is 34.2 Å². The Balaban J connectivity index is 1.85. The fraction of sp³-hybridized carbons (Fsp3) is 0.600. The fourth-order valence-corrected chi connectivity index (χ4v) is 2.76. The van der Waals surface area contributed by atoms with Crippen molar-refractivity contribution in [1.82, 2.24) is 25.8 Å². The molecule has 0 radical (unpaired) electrons.